The molecule has 0 radical (unpaired) electrons. The van der Waals surface area contributed by atoms with Crippen LogP contribution in [-0.2, 0) is 4.79 Å². The Morgan fingerprint density at radius 2 is 2.03 bits per heavy atom. The number of para-hydroxylation sites is 3. The number of ether oxygens (including phenoxy) is 1. The van der Waals surface area contributed by atoms with E-state index in [-0.39, 0.29) is 11.5 Å². The molecule has 0 bridgehead atoms. The largest absolute Gasteiger partial charge is 0.504 e. The smallest absolute Gasteiger partial charge is 0.287 e. The number of anilines is 2. The molecule has 0 aliphatic carbocycles. The summed E-state index contributed by atoms with van der Waals surface area (Å²) in [5.41, 5.74) is 1.99. The molecule has 4 aromatic rings. The van der Waals surface area contributed by atoms with Gasteiger partial charge >= 0.3 is 0 Å². The van der Waals surface area contributed by atoms with E-state index in [9.17, 15) is 14.7 Å². The number of carbonyl (C=O) groups is 2. The van der Waals surface area contributed by atoms with Crippen molar-refractivity contribution >= 4 is 44.7 Å². The minimum Gasteiger partial charge on any atom is -0.504 e. The number of carbonyl (C=O) groups excluding carboxylic acids is 2. The lowest BCUT2D eigenvalue weighted by molar-refractivity contribution is -0.121. The zero-order valence-electron chi connectivity index (χ0n) is 19.5. The summed E-state index contributed by atoms with van der Waals surface area (Å²) < 4.78 is 11.4. The van der Waals surface area contributed by atoms with Crippen LogP contribution in [0, 0.1) is 0 Å². The van der Waals surface area contributed by atoms with E-state index in [2.05, 4.69) is 24.1 Å². The van der Waals surface area contributed by atoms with E-state index in [0.29, 0.717) is 33.2 Å². The fraction of sp³-hybridized carbons (Fsp3) is 0.185. The van der Waals surface area contributed by atoms with E-state index in [1.54, 1.807) is 23.6 Å². The number of fused-ring (bicyclic) bond motifs is 2. The van der Waals surface area contributed by atoms with E-state index in [0.717, 1.165) is 17.5 Å². The normalized spacial score (nSPS) is 13.7. The predicted octanol–water partition coefficient (Wildman–Crippen LogP) is 6.81. The second-order valence-electron chi connectivity index (χ2n) is 7.92. The highest BCUT2D eigenvalue weighted by Crippen LogP contribution is 2.40. The SMILES string of the molecule is C=CCCC.CC(=O)c1c(-c2cc3cccc(O)c3o2)csc1NC(=O)C1Nc2ccccc2O1. The summed E-state index contributed by atoms with van der Waals surface area (Å²) in [6.45, 7) is 7.12. The molecule has 1 unspecified atom stereocenters. The van der Waals surface area contributed by atoms with Crippen molar-refractivity contribution in [1.29, 1.82) is 0 Å². The molecule has 5 rings (SSSR count). The third-order valence-corrected chi connectivity index (χ3v) is 6.21. The van der Waals surface area contributed by atoms with Gasteiger partial charge in [-0.1, -0.05) is 43.7 Å². The number of benzene rings is 2. The van der Waals surface area contributed by atoms with Gasteiger partial charge in [0.05, 0.1) is 11.3 Å². The molecule has 7 nitrogen and oxygen atoms in total. The molecule has 1 aliphatic heterocycles. The van der Waals surface area contributed by atoms with Crippen molar-refractivity contribution in [1.82, 2.24) is 0 Å². The molecule has 35 heavy (non-hydrogen) atoms. The first-order valence-corrected chi connectivity index (χ1v) is 12.1. The summed E-state index contributed by atoms with van der Waals surface area (Å²) in [5, 5.41) is 18.7. The van der Waals surface area contributed by atoms with Crippen molar-refractivity contribution in [2.45, 2.75) is 32.9 Å². The number of furan rings is 1. The maximum atomic E-state index is 12.7. The van der Waals surface area contributed by atoms with Crippen molar-refractivity contribution in [3.05, 3.63) is 72.1 Å². The predicted molar refractivity (Wildman–Crippen MR) is 139 cm³/mol. The summed E-state index contributed by atoms with van der Waals surface area (Å²) in [7, 11) is 0. The highest BCUT2D eigenvalue weighted by atomic mass is 32.1. The van der Waals surface area contributed by atoms with Crippen LogP contribution in [0.15, 0.2) is 71.0 Å². The number of aromatic hydroxyl groups is 1. The second kappa shape index (κ2) is 10.5. The summed E-state index contributed by atoms with van der Waals surface area (Å²) in [4.78, 5) is 25.1. The van der Waals surface area contributed by atoms with Crippen LogP contribution in [0.3, 0.4) is 0 Å². The van der Waals surface area contributed by atoms with Gasteiger partial charge in [-0.15, -0.1) is 17.9 Å². The number of thiophene rings is 1. The quantitative estimate of drug-likeness (QED) is 0.203. The van der Waals surface area contributed by atoms with Gasteiger partial charge in [-0.05, 0) is 37.6 Å². The van der Waals surface area contributed by atoms with Crippen LogP contribution in [0.4, 0.5) is 10.7 Å². The molecule has 0 saturated carbocycles. The molecule has 3 N–H and O–H groups in total. The van der Waals surface area contributed by atoms with Crippen LogP contribution in [0.2, 0.25) is 0 Å². The average molecular weight is 491 g/mol. The Hall–Kier alpha value is -4.04. The van der Waals surface area contributed by atoms with E-state index >= 15 is 0 Å². The number of ketones is 1. The first-order valence-electron chi connectivity index (χ1n) is 11.2. The number of Topliss-reactive ketones (excluding diaryl/α,β-unsaturated/α-hetero) is 1. The first kappa shape index (κ1) is 24.1. The van der Waals surface area contributed by atoms with Crippen LogP contribution in [-0.4, -0.2) is 23.0 Å². The number of phenols is 1. The van der Waals surface area contributed by atoms with E-state index < -0.39 is 12.1 Å². The molecule has 0 spiro atoms. The van der Waals surface area contributed by atoms with Crippen molar-refractivity contribution in [3.8, 4) is 22.8 Å². The standard InChI is InChI=1S/C22H16N2O5S.C5H10/c1-11(25)18-13(17-9-12-5-4-7-15(26)19(12)28-17)10-30-22(18)24-20(27)21-23-14-6-2-3-8-16(14)29-21;1-3-5-4-2/h2-10,21,23,26H,1H3,(H,24,27);3H,1,4-5H2,2H3. The average Bonchev–Trinajstić information content (AvgIpc) is 3.56. The lowest BCUT2D eigenvalue weighted by Gasteiger charge is -2.11. The Morgan fingerprint density at radius 1 is 1.23 bits per heavy atom. The number of phenolic OH excluding ortho intramolecular Hbond substituents is 1. The summed E-state index contributed by atoms with van der Waals surface area (Å²) in [5.74, 6) is 0.435. The van der Waals surface area contributed by atoms with Crippen molar-refractivity contribution in [2.24, 2.45) is 0 Å². The maximum absolute atomic E-state index is 12.7. The maximum Gasteiger partial charge on any atom is 0.287 e. The molecule has 0 saturated heterocycles. The van der Waals surface area contributed by atoms with Gasteiger partial charge in [0.2, 0.25) is 6.23 Å². The van der Waals surface area contributed by atoms with Crippen LogP contribution in [0.25, 0.3) is 22.3 Å². The number of nitrogens with one attached hydrogen (secondary N) is 2. The van der Waals surface area contributed by atoms with Crippen LogP contribution in [0.1, 0.15) is 37.0 Å². The molecule has 0 fully saturated rings. The Kier molecular flexibility index (Phi) is 7.22. The second-order valence-corrected chi connectivity index (χ2v) is 8.80. The summed E-state index contributed by atoms with van der Waals surface area (Å²) in [6, 6.07) is 14.1. The lowest BCUT2D eigenvalue weighted by Crippen LogP contribution is -2.35. The van der Waals surface area contributed by atoms with E-state index in [1.807, 2.05) is 30.3 Å². The third kappa shape index (κ3) is 5.07. The molecule has 2 aromatic carbocycles. The number of hydrogen-bond acceptors (Lipinski definition) is 7. The molecule has 2 aromatic heterocycles. The molecular formula is C27H26N2O5S. The van der Waals surface area contributed by atoms with Gasteiger partial charge in [-0.3, -0.25) is 9.59 Å². The molecule has 1 atom stereocenters. The Morgan fingerprint density at radius 3 is 2.69 bits per heavy atom. The van der Waals surface area contributed by atoms with E-state index in [1.165, 1.54) is 30.7 Å². The minimum absolute atomic E-state index is 0.0240. The fourth-order valence-electron chi connectivity index (χ4n) is 3.65. The summed E-state index contributed by atoms with van der Waals surface area (Å²) >= 11 is 1.23. The highest BCUT2D eigenvalue weighted by molar-refractivity contribution is 7.15. The zero-order chi connectivity index (χ0) is 24.9. The Balaban J connectivity index is 0.000000527. The van der Waals surface area contributed by atoms with Crippen molar-refractivity contribution < 1.29 is 23.8 Å². The number of unbranched alkanes of at least 4 members (excludes halogenated alkanes) is 1. The van der Waals surface area contributed by atoms with Crippen molar-refractivity contribution in [3.63, 3.8) is 0 Å². The van der Waals surface area contributed by atoms with Gasteiger partial charge in [0.25, 0.3) is 5.91 Å². The van der Waals surface area contributed by atoms with Crippen molar-refractivity contribution in [2.75, 3.05) is 10.6 Å². The molecular weight excluding hydrogens is 464 g/mol. The van der Waals surface area contributed by atoms with Gasteiger partial charge < -0.3 is 24.9 Å². The molecule has 180 valence electrons. The van der Waals surface area contributed by atoms with Gasteiger partial charge in [-0.25, -0.2) is 0 Å². The van der Waals surface area contributed by atoms with Gasteiger partial charge in [0, 0.05) is 16.3 Å². The van der Waals surface area contributed by atoms with Crippen LogP contribution < -0.4 is 15.4 Å². The molecule has 1 amide bonds. The fourth-order valence-corrected chi connectivity index (χ4v) is 4.65. The molecule has 1 aliphatic rings. The topological polar surface area (TPSA) is 101 Å². The third-order valence-electron chi connectivity index (χ3n) is 5.32. The number of amides is 1. The van der Waals surface area contributed by atoms with Gasteiger partial charge in [-0.2, -0.15) is 0 Å². The first-order chi connectivity index (χ1) is 16.9. The van der Waals surface area contributed by atoms with Crippen LogP contribution in [0.5, 0.6) is 11.5 Å². The summed E-state index contributed by atoms with van der Waals surface area (Å²) in [6.07, 6.45) is 3.42. The van der Waals surface area contributed by atoms with Gasteiger partial charge in [0.15, 0.2) is 17.1 Å². The Bertz CT molecular complexity index is 1360. The number of rotatable bonds is 6. The van der Waals surface area contributed by atoms with Gasteiger partial charge in [0.1, 0.15) is 16.5 Å². The monoisotopic (exact) mass is 490 g/mol. The molecule has 8 heteroatoms. The lowest BCUT2D eigenvalue weighted by atomic mass is 10.1. The van der Waals surface area contributed by atoms with E-state index in [4.69, 9.17) is 9.15 Å². The number of hydrogen-bond donors (Lipinski definition) is 3. The Labute approximate surface area is 207 Å². The highest BCUT2D eigenvalue weighted by Gasteiger charge is 2.30. The van der Waals surface area contributed by atoms with Crippen LogP contribution >= 0.6 is 11.3 Å². The zero-order valence-corrected chi connectivity index (χ0v) is 20.3. The number of allylic oxidation sites excluding steroid dienone is 1. The molecule has 3 heterocycles. The minimum atomic E-state index is -0.893.